The van der Waals surface area contributed by atoms with Gasteiger partial charge in [0, 0.05) is 38.0 Å². The van der Waals surface area contributed by atoms with E-state index in [-0.39, 0.29) is 23.8 Å². The van der Waals surface area contributed by atoms with Crippen molar-refractivity contribution in [3.8, 4) is 0 Å². The Bertz CT molecular complexity index is 504. The summed E-state index contributed by atoms with van der Waals surface area (Å²) in [5, 5.41) is 2.98. The quantitative estimate of drug-likeness (QED) is 0.821. The van der Waals surface area contributed by atoms with Crippen LogP contribution in [0.25, 0.3) is 0 Å². The average Bonchev–Trinajstić information content (AvgIpc) is 3.01. The molecule has 2 rings (SSSR count). The Balaban J connectivity index is 1.75. The minimum absolute atomic E-state index is 0.0221. The van der Waals surface area contributed by atoms with E-state index in [1.807, 2.05) is 42.2 Å². The third-order valence-corrected chi connectivity index (χ3v) is 4.16. The molecule has 3 N–H and O–H groups in total. The van der Waals surface area contributed by atoms with Gasteiger partial charge in [-0.05, 0) is 18.4 Å². The zero-order chi connectivity index (χ0) is 15.9. The Hall–Kier alpha value is -1.88. The van der Waals surface area contributed by atoms with Gasteiger partial charge in [0.25, 0.3) is 0 Å². The van der Waals surface area contributed by atoms with Crippen LogP contribution in [-0.4, -0.2) is 42.4 Å². The molecule has 0 saturated carbocycles. The van der Waals surface area contributed by atoms with Crippen molar-refractivity contribution < 1.29 is 9.59 Å². The van der Waals surface area contributed by atoms with E-state index in [4.69, 9.17) is 5.73 Å². The van der Waals surface area contributed by atoms with E-state index in [0.717, 1.165) is 19.4 Å². The number of aryl methyl sites for hydroxylation is 1. The van der Waals surface area contributed by atoms with E-state index in [1.165, 1.54) is 5.56 Å². The maximum atomic E-state index is 12.2. The van der Waals surface area contributed by atoms with Crippen molar-refractivity contribution in [3.05, 3.63) is 35.9 Å². The number of hydrogen-bond donors (Lipinski definition) is 2. The predicted molar refractivity (Wildman–Crippen MR) is 86.1 cm³/mol. The first-order chi connectivity index (χ1) is 10.6. The van der Waals surface area contributed by atoms with Crippen molar-refractivity contribution in [1.29, 1.82) is 0 Å². The molecular weight excluding hydrogens is 278 g/mol. The van der Waals surface area contributed by atoms with Crippen LogP contribution in [0.3, 0.4) is 0 Å². The second-order valence-electron chi connectivity index (χ2n) is 5.96. The summed E-state index contributed by atoms with van der Waals surface area (Å²) in [7, 11) is 0. The molecule has 5 nitrogen and oxygen atoms in total. The van der Waals surface area contributed by atoms with Crippen molar-refractivity contribution in [2.24, 2.45) is 11.7 Å². The van der Waals surface area contributed by atoms with Gasteiger partial charge in [0.1, 0.15) is 0 Å². The fraction of sp³-hybridized carbons (Fsp3) is 0.529. The maximum Gasteiger partial charge on any atom is 0.224 e. The Labute approximate surface area is 131 Å². The molecule has 1 aliphatic heterocycles. The lowest BCUT2D eigenvalue weighted by atomic mass is 10.1. The van der Waals surface area contributed by atoms with Crippen LogP contribution in [0.4, 0.5) is 0 Å². The Morgan fingerprint density at radius 2 is 2.09 bits per heavy atom. The number of carbonyl (C=O) groups is 2. The zero-order valence-corrected chi connectivity index (χ0v) is 13.1. The molecule has 2 unspecified atom stereocenters. The lowest BCUT2D eigenvalue weighted by Gasteiger charge is -2.18. The summed E-state index contributed by atoms with van der Waals surface area (Å²) in [6, 6.07) is 10.1. The number of nitrogens with zero attached hydrogens (tertiary/aromatic N) is 1. The molecule has 0 spiro atoms. The normalized spacial score (nSPS) is 19.0. The third kappa shape index (κ3) is 4.56. The van der Waals surface area contributed by atoms with Gasteiger partial charge in [-0.3, -0.25) is 9.59 Å². The standard InChI is InChI=1S/C17H25N3O2/c1-13(11-18)17(22)19-15-9-10-20(12-15)16(21)8-7-14-5-3-2-4-6-14/h2-6,13,15H,7-12,18H2,1H3,(H,19,22). The second-order valence-corrected chi connectivity index (χ2v) is 5.96. The molecule has 1 aromatic carbocycles. The number of nitrogens with one attached hydrogen (secondary N) is 1. The van der Waals surface area contributed by atoms with Gasteiger partial charge in [-0.2, -0.15) is 0 Å². The van der Waals surface area contributed by atoms with E-state index in [1.54, 1.807) is 0 Å². The van der Waals surface area contributed by atoms with Gasteiger partial charge >= 0.3 is 0 Å². The van der Waals surface area contributed by atoms with Crippen LogP contribution in [-0.2, 0) is 16.0 Å². The lowest BCUT2D eigenvalue weighted by molar-refractivity contribution is -0.130. The highest BCUT2D eigenvalue weighted by Gasteiger charge is 2.27. The first-order valence-corrected chi connectivity index (χ1v) is 7.92. The lowest BCUT2D eigenvalue weighted by Crippen LogP contribution is -2.42. The van der Waals surface area contributed by atoms with E-state index in [2.05, 4.69) is 5.32 Å². The van der Waals surface area contributed by atoms with Crippen molar-refractivity contribution in [2.75, 3.05) is 19.6 Å². The summed E-state index contributed by atoms with van der Waals surface area (Å²) in [5.74, 6) is -0.0404. The molecule has 1 saturated heterocycles. The number of likely N-dealkylation sites (tertiary alicyclic amines) is 1. The molecular formula is C17H25N3O2. The van der Waals surface area contributed by atoms with Crippen molar-refractivity contribution in [1.82, 2.24) is 10.2 Å². The van der Waals surface area contributed by atoms with Crippen LogP contribution in [0.15, 0.2) is 30.3 Å². The summed E-state index contributed by atoms with van der Waals surface area (Å²) in [6.07, 6.45) is 2.10. The number of hydrogen-bond acceptors (Lipinski definition) is 3. The molecule has 1 aromatic rings. The van der Waals surface area contributed by atoms with Crippen LogP contribution in [0.1, 0.15) is 25.3 Å². The maximum absolute atomic E-state index is 12.2. The summed E-state index contributed by atoms with van der Waals surface area (Å²) in [4.78, 5) is 25.9. The molecule has 0 aliphatic carbocycles. The minimum atomic E-state index is -0.178. The molecule has 0 radical (unpaired) electrons. The molecule has 0 bridgehead atoms. The first-order valence-electron chi connectivity index (χ1n) is 7.92. The summed E-state index contributed by atoms with van der Waals surface area (Å²) in [5.41, 5.74) is 6.67. The first kappa shape index (κ1) is 16.5. The van der Waals surface area contributed by atoms with Crippen LogP contribution in [0.2, 0.25) is 0 Å². The monoisotopic (exact) mass is 303 g/mol. The summed E-state index contributed by atoms with van der Waals surface area (Å²) in [6.45, 7) is 3.48. The highest BCUT2D eigenvalue weighted by atomic mass is 16.2. The average molecular weight is 303 g/mol. The second kappa shape index (κ2) is 7.94. The highest BCUT2D eigenvalue weighted by molar-refractivity contribution is 5.79. The van der Waals surface area contributed by atoms with E-state index >= 15 is 0 Å². The number of benzene rings is 1. The van der Waals surface area contributed by atoms with Crippen LogP contribution < -0.4 is 11.1 Å². The van der Waals surface area contributed by atoms with E-state index < -0.39 is 0 Å². The van der Waals surface area contributed by atoms with Crippen molar-refractivity contribution >= 4 is 11.8 Å². The molecule has 1 heterocycles. The smallest absolute Gasteiger partial charge is 0.224 e. The van der Waals surface area contributed by atoms with Gasteiger partial charge in [-0.25, -0.2) is 0 Å². The van der Waals surface area contributed by atoms with E-state index in [0.29, 0.717) is 19.5 Å². The van der Waals surface area contributed by atoms with Gasteiger partial charge in [0.05, 0.1) is 0 Å². The van der Waals surface area contributed by atoms with Gasteiger partial charge in [0.15, 0.2) is 0 Å². The SMILES string of the molecule is CC(CN)C(=O)NC1CCN(C(=O)CCc2ccccc2)C1. The Morgan fingerprint density at radius 1 is 1.36 bits per heavy atom. The molecule has 2 atom stereocenters. The molecule has 1 fully saturated rings. The largest absolute Gasteiger partial charge is 0.351 e. The molecule has 2 amide bonds. The summed E-state index contributed by atoms with van der Waals surface area (Å²) < 4.78 is 0. The fourth-order valence-corrected chi connectivity index (χ4v) is 2.61. The third-order valence-electron chi connectivity index (χ3n) is 4.16. The Kier molecular flexibility index (Phi) is 5.95. The Morgan fingerprint density at radius 3 is 2.77 bits per heavy atom. The van der Waals surface area contributed by atoms with Gasteiger partial charge in [-0.15, -0.1) is 0 Å². The predicted octanol–water partition coefficient (Wildman–Crippen LogP) is 0.931. The number of amides is 2. The molecule has 0 aromatic heterocycles. The number of carbonyl (C=O) groups excluding carboxylic acids is 2. The fourth-order valence-electron chi connectivity index (χ4n) is 2.61. The zero-order valence-electron chi connectivity index (χ0n) is 13.1. The summed E-state index contributed by atoms with van der Waals surface area (Å²) >= 11 is 0. The topological polar surface area (TPSA) is 75.4 Å². The van der Waals surface area contributed by atoms with Gasteiger partial charge in [-0.1, -0.05) is 37.3 Å². The van der Waals surface area contributed by atoms with Gasteiger partial charge in [0.2, 0.25) is 11.8 Å². The molecule has 22 heavy (non-hydrogen) atoms. The molecule has 120 valence electrons. The molecule has 5 heteroatoms. The number of rotatable bonds is 6. The van der Waals surface area contributed by atoms with Crippen LogP contribution in [0.5, 0.6) is 0 Å². The van der Waals surface area contributed by atoms with Crippen molar-refractivity contribution in [2.45, 2.75) is 32.2 Å². The number of nitrogens with two attached hydrogens (primary N) is 1. The van der Waals surface area contributed by atoms with Crippen LogP contribution in [0, 0.1) is 5.92 Å². The van der Waals surface area contributed by atoms with E-state index in [9.17, 15) is 9.59 Å². The van der Waals surface area contributed by atoms with Crippen LogP contribution >= 0.6 is 0 Å². The molecule has 1 aliphatic rings. The van der Waals surface area contributed by atoms with Gasteiger partial charge < -0.3 is 16.0 Å². The highest BCUT2D eigenvalue weighted by Crippen LogP contribution is 2.13. The minimum Gasteiger partial charge on any atom is -0.351 e. The van der Waals surface area contributed by atoms with Crippen molar-refractivity contribution in [3.63, 3.8) is 0 Å².